The van der Waals surface area contributed by atoms with Crippen molar-refractivity contribution in [2.45, 2.75) is 4.90 Å². The van der Waals surface area contributed by atoms with Crippen LogP contribution >= 0.6 is 11.6 Å². The van der Waals surface area contributed by atoms with Gasteiger partial charge in [0.1, 0.15) is 4.90 Å². The van der Waals surface area contributed by atoms with Crippen molar-refractivity contribution >= 4 is 21.4 Å². The molecule has 1 rings (SSSR count). The Morgan fingerprint density at radius 3 is 1.53 bits per heavy atom. The molecule has 1 aromatic carbocycles. The van der Waals surface area contributed by atoms with E-state index in [4.69, 9.17) is 11.6 Å². The van der Waals surface area contributed by atoms with Gasteiger partial charge in [-0.3, -0.25) is 0 Å². The van der Waals surface area contributed by atoms with Crippen LogP contribution in [0.25, 0.3) is 0 Å². The molecule has 0 aromatic heterocycles. The number of halogens is 6. The lowest BCUT2D eigenvalue weighted by Crippen LogP contribution is -2.16. The summed E-state index contributed by atoms with van der Waals surface area (Å²) in [5.74, 6) is -13.3. The zero-order valence-electron chi connectivity index (χ0n) is 7.91. The van der Waals surface area contributed by atoms with Crippen molar-refractivity contribution < 1.29 is 30.4 Å². The first-order valence-electron chi connectivity index (χ1n) is 4.04. The van der Waals surface area contributed by atoms with Crippen LogP contribution < -0.4 is 0 Å². The van der Waals surface area contributed by atoms with Crippen LogP contribution in [0.1, 0.15) is 0 Å². The maximum Gasteiger partial charge on any atom is 0.200 e. The Balaban J connectivity index is 3.67. The number of sulfone groups is 1. The summed E-state index contributed by atoms with van der Waals surface area (Å²) in [5, 5.41) is 0. The van der Waals surface area contributed by atoms with Gasteiger partial charge in [0, 0.05) is 5.88 Å². The first-order valence-corrected chi connectivity index (χ1v) is 6.23. The molecular formula is C8H4ClF5O2S. The standard InChI is InChI=1S/C8H4ClF5O2S/c9-1-2-17(15,16)8-6(13)4(11)3(10)5(12)7(8)14/h1-2H2. The minimum atomic E-state index is -4.66. The third-order valence-electron chi connectivity index (χ3n) is 1.83. The van der Waals surface area contributed by atoms with Crippen molar-refractivity contribution in [2.24, 2.45) is 0 Å². The highest BCUT2D eigenvalue weighted by Crippen LogP contribution is 2.27. The Bertz CT molecular complexity index is 529. The molecule has 0 aliphatic rings. The van der Waals surface area contributed by atoms with E-state index >= 15 is 0 Å². The predicted molar refractivity (Wildman–Crippen MR) is 49.0 cm³/mol. The van der Waals surface area contributed by atoms with E-state index in [2.05, 4.69) is 0 Å². The Morgan fingerprint density at radius 1 is 0.824 bits per heavy atom. The number of rotatable bonds is 3. The summed E-state index contributed by atoms with van der Waals surface area (Å²) in [4.78, 5) is -1.85. The molecule has 0 aliphatic heterocycles. The summed E-state index contributed by atoms with van der Waals surface area (Å²) < 4.78 is 86.7. The normalized spacial score (nSPS) is 11.9. The Morgan fingerprint density at radius 2 is 1.18 bits per heavy atom. The average Bonchev–Trinajstić information content (AvgIpc) is 2.23. The van der Waals surface area contributed by atoms with Gasteiger partial charge in [0.15, 0.2) is 33.1 Å². The molecule has 0 fully saturated rings. The summed E-state index contributed by atoms with van der Waals surface area (Å²) in [7, 11) is -4.66. The second kappa shape index (κ2) is 4.77. The summed E-state index contributed by atoms with van der Waals surface area (Å²) in [6.07, 6.45) is 0. The van der Waals surface area contributed by atoms with E-state index in [1.165, 1.54) is 0 Å². The average molecular weight is 295 g/mol. The monoisotopic (exact) mass is 294 g/mol. The van der Waals surface area contributed by atoms with E-state index < -0.39 is 55.5 Å². The summed E-state index contributed by atoms with van der Waals surface area (Å²) >= 11 is 5.07. The van der Waals surface area contributed by atoms with Crippen molar-refractivity contribution in [3.05, 3.63) is 29.1 Å². The number of hydrogen-bond donors (Lipinski definition) is 0. The van der Waals surface area contributed by atoms with Gasteiger partial charge < -0.3 is 0 Å². The molecule has 2 nitrogen and oxygen atoms in total. The predicted octanol–water partition coefficient (Wildman–Crippen LogP) is 2.39. The third kappa shape index (κ3) is 2.37. The van der Waals surface area contributed by atoms with Gasteiger partial charge in [-0.1, -0.05) is 0 Å². The maximum atomic E-state index is 13.1. The fourth-order valence-corrected chi connectivity index (χ4v) is 2.80. The van der Waals surface area contributed by atoms with Gasteiger partial charge in [0.05, 0.1) is 5.75 Å². The van der Waals surface area contributed by atoms with Crippen LogP contribution in [0, 0.1) is 29.1 Å². The second-order valence-corrected chi connectivity index (χ2v) is 5.33. The van der Waals surface area contributed by atoms with E-state index in [-0.39, 0.29) is 0 Å². The van der Waals surface area contributed by atoms with Gasteiger partial charge >= 0.3 is 0 Å². The molecule has 9 heteroatoms. The molecule has 0 saturated heterocycles. The van der Waals surface area contributed by atoms with Gasteiger partial charge in [-0.25, -0.2) is 30.4 Å². The maximum absolute atomic E-state index is 13.1. The molecule has 0 atom stereocenters. The highest BCUT2D eigenvalue weighted by molar-refractivity contribution is 7.91. The van der Waals surface area contributed by atoms with Crippen LogP contribution in [0.5, 0.6) is 0 Å². The topological polar surface area (TPSA) is 34.1 Å². The van der Waals surface area contributed by atoms with Crippen molar-refractivity contribution in [2.75, 3.05) is 11.6 Å². The molecule has 96 valence electrons. The zero-order valence-corrected chi connectivity index (χ0v) is 9.48. The molecule has 0 radical (unpaired) electrons. The van der Waals surface area contributed by atoms with Crippen molar-refractivity contribution in [3.63, 3.8) is 0 Å². The Hall–Kier alpha value is -0.890. The van der Waals surface area contributed by atoms with Gasteiger partial charge in [-0.15, -0.1) is 11.6 Å². The molecule has 0 N–H and O–H groups in total. The number of benzene rings is 1. The molecule has 0 bridgehead atoms. The molecule has 17 heavy (non-hydrogen) atoms. The number of hydrogen-bond acceptors (Lipinski definition) is 2. The van der Waals surface area contributed by atoms with Crippen LogP contribution in [0.3, 0.4) is 0 Å². The quantitative estimate of drug-likeness (QED) is 0.282. The Labute approximate surface area is 97.9 Å². The summed E-state index contributed by atoms with van der Waals surface area (Å²) in [5.41, 5.74) is 0. The summed E-state index contributed by atoms with van der Waals surface area (Å²) in [6.45, 7) is 0. The van der Waals surface area contributed by atoms with Gasteiger partial charge in [0.2, 0.25) is 5.82 Å². The first kappa shape index (κ1) is 14.2. The minimum absolute atomic E-state index is 0.540. The lowest BCUT2D eigenvalue weighted by atomic mass is 10.3. The minimum Gasteiger partial charge on any atom is -0.223 e. The molecule has 0 heterocycles. The molecule has 0 amide bonds. The fourth-order valence-electron chi connectivity index (χ4n) is 1.06. The first-order chi connectivity index (χ1) is 7.74. The Kier molecular flexibility index (Phi) is 3.98. The van der Waals surface area contributed by atoms with Crippen molar-refractivity contribution in [3.8, 4) is 0 Å². The zero-order chi connectivity index (χ0) is 13.4. The highest BCUT2D eigenvalue weighted by atomic mass is 35.5. The lowest BCUT2D eigenvalue weighted by Gasteiger charge is -2.07. The van der Waals surface area contributed by atoms with E-state index in [1.807, 2.05) is 0 Å². The molecular weight excluding hydrogens is 291 g/mol. The van der Waals surface area contributed by atoms with Crippen LogP contribution in [0.4, 0.5) is 22.0 Å². The van der Waals surface area contributed by atoms with E-state index in [1.54, 1.807) is 0 Å². The van der Waals surface area contributed by atoms with Gasteiger partial charge in [-0.2, -0.15) is 0 Å². The van der Waals surface area contributed by atoms with E-state index in [9.17, 15) is 30.4 Å². The van der Waals surface area contributed by atoms with Crippen molar-refractivity contribution in [1.82, 2.24) is 0 Å². The van der Waals surface area contributed by atoms with Crippen LogP contribution in [0.2, 0.25) is 0 Å². The SMILES string of the molecule is O=S(=O)(CCCl)c1c(F)c(F)c(F)c(F)c1F. The second-order valence-electron chi connectivity index (χ2n) is 2.91. The largest absolute Gasteiger partial charge is 0.223 e. The van der Waals surface area contributed by atoms with Gasteiger partial charge in [-0.05, 0) is 0 Å². The van der Waals surface area contributed by atoms with Crippen LogP contribution in [-0.4, -0.2) is 20.1 Å². The number of alkyl halides is 1. The molecule has 1 aromatic rings. The van der Waals surface area contributed by atoms with E-state index in [0.29, 0.717) is 0 Å². The van der Waals surface area contributed by atoms with Crippen molar-refractivity contribution in [1.29, 1.82) is 0 Å². The molecule has 0 unspecified atom stereocenters. The van der Waals surface area contributed by atoms with Gasteiger partial charge in [0.25, 0.3) is 0 Å². The lowest BCUT2D eigenvalue weighted by molar-refractivity contribution is 0.358. The van der Waals surface area contributed by atoms with E-state index in [0.717, 1.165) is 0 Å². The molecule has 0 spiro atoms. The highest BCUT2D eigenvalue weighted by Gasteiger charge is 2.32. The third-order valence-corrected chi connectivity index (χ3v) is 3.96. The van der Waals surface area contributed by atoms with Crippen LogP contribution in [-0.2, 0) is 9.84 Å². The summed E-state index contributed by atoms with van der Waals surface area (Å²) in [6, 6.07) is 0. The molecule has 0 aliphatic carbocycles. The smallest absolute Gasteiger partial charge is 0.200 e. The van der Waals surface area contributed by atoms with Crippen LogP contribution in [0.15, 0.2) is 4.90 Å². The fraction of sp³-hybridized carbons (Fsp3) is 0.250. The molecule has 0 saturated carbocycles.